The summed E-state index contributed by atoms with van der Waals surface area (Å²) in [6, 6.07) is 6.79. The van der Waals surface area contributed by atoms with Gasteiger partial charge in [0.05, 0.1) is 0 Å². The number of nitrogens with one attached hydrogen (secondary N) is 1. The molecule has 0 aliphatic carbocycles. The highest BCUT2D eigenvalue weighted by molar-refractivity contribution is 14.1. The molecule has 0 amide bonds. The minimum atomic E-state index is -0.264. The first-order valence-electron chi connectivity index (χ1n) is 3.58. The van der Waals surface area contributed by atoms with Gasteiger partial charge in [-0.3, -0.25) is 0 Å². The van der Waals surface area contributed by atoms with Crippen LogP contribution in [0.4, 0.5) is 4.39 Å². The average molecular weight is 286 g/mol. The maximum atomic E-state index is 13.1. The molecule has 2 nitrogen and oxygen atoms in total. The molecule has 64 valence electrons. The zero-order chi connectivity index (χ0) is 9.42. The van der Waals surface area contributed by atoms with Crippen LogP contribution in [0.1, 0.15) is 5.69 Å². The van der Waals surface area contributed by atoms with E-state index in [4.69, 9.17) is 5.26 Å². The Hall–Kier alpha value is -1.09. The molecule has 1 aromatic carbocycles. The molecular weight excluding hydrogens is 282 g/mol. The highest BCUT2D eigenvalue weighted by Gasteiger charge is 2.04. The summed E-state index contributed by atoms with van der Waals surface area (Å²) < 4.78 is 13.6. The number of aromatic nitrogens is 1. The standard InChI is InChI=1S/C9H4FIN2/c10-7-3-9-5(2-8(7)11)1-6(4-12)13-9/h1-3,13H. The highest BCUT2D eigenvalue weighted by Crippen LogP contribution is 2.20. The zero-order valence-electron chi connectivity index (χ0n) is 6.44. The fourth-order valence-electron chi connectivity index (χ4n) is 1.19. The summed E-state index contributed by atoms with van der Waals surface area (Å²) in [6.07, 6.45) is 0. The number of nitrogens with zero attached hydrogens (tertiary/aromatic N) is 1. The lowest BCUT2D eigenvalue weighted by Gasteiger charge is -1.93. The van der Waals surface area contributed by atoms with Gasteiger partial charge in [0.2, 0.25) is 0 Å². The van der Waals surface area contributed by atoms with E-state index in [-0.39, 0.29) is 5.82 Å². The van der Waals surface area contributed by atoms with E-state index in [1.165, 1.54) is 6.07 Å². The van der Waals surface area contributed by atoms with E-state index in [1.54, 1.807) is 12.1 Å². The number of halogens is 2. The number of hydrogen-bond donors (Lipinski definition) is 1. The minimum absolute atomic E-state index is 0.264. The van der Waals surface area contributed by atoms with Gasteiger partial charge in [0.1, 0.15) is 17.6 Å². The molecule has 0 bridgehead atoms. The van der Waals surface area contributed by atoms with Crippen LogP contribution in [0.25, 0.3) is 10.9 Å². The highest BCUT2D eigenvalue weighted by atomic mass is 127. The normalized spacial score (nSPS) is 10.2. The summed E-state index contributed by atoms with van der Waals surface area (Å²) in [5, 5.41) is 9.46. The van der Waals surface area contributed by atoms with Crippen LogP contribution >= 0.6 is 22.6 Å². The van der Waals surface area contributed by atoms with Crippen LogP contribution in [0.2, 0.25) is 0 Å². The largest absolute Gasteiger partial charge is 0.346 e. The molecule has 0 saturated heterocycles. The van der Waals surface area contributed by atoms with Gasteiger partial charge >= 0.3 is 0 Å². The van der Waals surface area contributed by atoms with Gasteiger partial charge in [0.25, 0.3) is 0 Å². The summed E-state index contributed by atoms with van der Waals surface area (Å²) in [6.45, 7) is 0. The monoisotopic (exact) mass is 286 g/mol. The minimum Gasteiger partial charge on any atom is -0.346 e. The van der Waals surface area contributed by atoms with Gasteiger partial charge in [-0.15, -0.1) is 0 Å². The first-order valence-corrected chi connectivity index (χ1v) is 4.66. The van der Waals surface area contributed by atoms with Crippen LogP contribution in [0.3, 0.4) is 0 Å². The van der Waals surface area contributed by atoms with Crippen LogP contribution in [0.5, 0.6) is 0 Å². The number of rotatable bonds is 0. The lowest BCUT2D eigenvalue weighted by Crippen LogP contribution is -1.80. The van der Waals surface area contributed by atoms with E-state index in [1.807, 2.05) is 28.7 Å². The fraction of sp³-hybridized carbons (Fsp3) is 0. The Bertz CT molecular complexity index is 471. The lowest BCUT2D eigenvalue weighted by molar-refractivity contribution is 0.622. The predicted octanol–water partition coefficient (Wildman–Crippen LogP) is 2.78. The molecule has 2 aromatic rings. The Kier molecular flexibility index (Phi) is 1.96. The Morgan fingerprint density at radius 1 is 1.38 bits per heavy atom. The summed E-state index contributed by atoms with van der Waals surface area (Å²) in [4.78, 5) is 2.81. The number of H-pyrrole nitrogens is 1. The van der Waals surface area contributed by atoms with Crippen molar-refractivity contribution >= 4 is 33.5 Å². The van der Waals surface area contributed by atoms with E-state index in [0.717, 1.165) is 5.39 Å². The Morgan fingerprint density at radius 2 is 2.15 bits per heavy atom. The first-order chi connectivity index (χ1) is 6.20. The molecule has 0 aliphatic rings. The van der Waals surface area contributed by atoms with Crippen molar-refractivity contribution in [3.05, 3.63) is 33.3 Å². The van der Waals surface area contributed by atoms with Crippen molar-refractivity contribution in [2.75, 3.05) is 0 Å². The van der Waals surface area contributed by atoms with Crippen molar-refractivity contribution in [1.29, 1.82) is 5.26 Å². The van der Waals surface area contributed by atoms with Crippen LogP contribution in [-0.4, -0.2) is 4.98 Å². The molecule has 2 rings (SSSR count). The van der Waals surface area contributed by atoms with Crippen LogP contribution in [-0.2, 0) is 0 Å². The van der Waals surface area contributed by atoms with Crippen molar-refractivity contribution in [2.45, 2.75) is 0 Å². The fourth-order valence-corrected chi connectivity index (χ4v) is 1.68. The number of aromatic amines is 1. The Labute approximate surface area is 87.5 Å². The van der Waals surface area contributed by atoms with Gasteiger partial charge < -0.3 is 4.98 Å². The molecule has 0 aliphatic heterocycles. The molecule has 1 N–H and O–H groups in total. The topological polar surface area (TPSA) is 39.6 Å². The van der Waals surface area contributed by atoms with E-state index in [2.05, 4.69) is 4.98 Å². The van der Waals surface area contributed by atoms with Crippen molar-refractivity contribution in [1.82, 2.24) is 4.98 Å². The molecule has 0 saturated carbocycles. The second-order valence-electron chi connectivity index (χ2n) is 2.65. The summed E-state index contributed by atoms with van der Waals surface area (Å²) in [5.41, 5.74) is 1.12. The number of hydrogen-bond acceptors (Lipinski definition) is 1. The molecule has 0 spiro atoms. The van der Waals surface area contributed by atoms with Crippen LogP contribution < -0.4 is 0 Å². The number of benzene rings is 1. The summed E-state index contributed by atoms with van der Waals surface area (Å²) in [7, 11) is 0. The molecule has 13 heavy (non-hydrogen) atoms. The quantitative estimate of drug-likeness (QED) is 0.743. The zero-order valence-corrected chi connectivity index (χ0v) is 8.59. The van der Waals surface area contributed by atoms with E-state index < -0.39 is 0 Å². The van der Waals surface area contributed by atoms with E-state index in [0.29, 0.717) is 14.8 Å². The lowest BCUT2D eigenvalue weighted by atomic mass is 10.2. The SMILES string of the molecule is N#Cc1cc2cc(I)c(F)cc2[nH]1. The van der Waals surface area contributed by atoms with Crippen molar-refractivity contribution in [3.8, 4) is 6.07 Å². The third-order valence-electron chi connectivity index (χ3n) is 1.78. The van der Waals surface area contributed by atoms with Crippen molar-refractivity contribution in [3.63, 3.8) is 0 Å². The third kappa shape index (κ3) is 1.40. The van der Waals surface area contributed by atoms with Gasteiger partial charge in [-0.2, -0.15) is 5.26 Å². The van der Waals surface area contributed by atoms with Crippen molar-refractivity contribution in [2.24, 2.45) is 0 Å². The summed E-state index contributed by atoms with van der Waals surface area (Å²) in [5.74, 6) is -0.264. The Morgan fingerprint density at radius 3 is 2.85 bits per heavy atom. The molecule has 0 radical (unpaired) electrons. The summed E-state index contributed by atoms with van der Waals surface area (Å²) >= 11 is 1.92. The molecular formula is C9H4FIN2. The maximum Gasteiger partial charge on any atom is 0.138 e. The molecule has 0 fully saturated rings. The molecule has 1 aromatic heterocycles. The number of nitriles is 1. The smallest absolute Gasteiger partial charge is 0.138 e. The predicted molar refractivity (Wildman–Crippen MR) is 55.7 cm³/mol. The second kappa shape index (κ2) is 3.00. The molecule has 0 unspecified atom stereocenters. The van der Waals surface area contributed by atoms with Crippen LogP contribution in [0.15, 0.2) is 18.2 Å². The average Bonchev–Trinajstić information content (AvgIpc) is 2.48. The van der Waals surface area contributed by atoms with Gasteiger partial charge in [-0.25, -0.2) is 4.39 Å². The van der Waals surface area contributed by atoms with E-state index in [9.17, 15) is 4.39 Å². The maximum absolute atomic E-state index is 13.1. The van der Waals surface area contributed by atoms with Gasteiger partial charge in [-0.1, -0.05) is 0 Å². The molecule has 1 heterocycles. The molecule has 0 atom stereocenters. The second-order valence-corrected chi connectivity index (χ2v) is 3.81. The van der Waals surface area contributed by atoms with Gasteiger partial charge in [0.15, 0.2) is 0 Å². The van der Waals surface area contributed by atoms with Gasteiger partial charge in [-0.05, 0) is 40.8 Å². The number of fused-ring (bicyclic) bond motifs is 1. The van der Waals surface area contributed by atoms with Crippen LogP contribution in [0, 0.1) is 20.7 Å². The first kappa shape index (κ1) is 8.51. The Balaban J connectivity index is 2.79. The molecule has 4 heteroatoms. The van der Waals surface area contributed by atoms with Crippen molar-refractivity contribution < 1.29 is 4.39 Å². The van der Waals surface area contributed by atoms with Gasteiger partial charge in [0, 0.05) is 14.5 Å². The van der Waals surface area contributed by atoms with E-state index >= 15 is 0 Å². The third-order valence-corrected chi connectivity index (χ3v) is 2.61.